The molecule has 174 valence electrons. The van der Waals surface area contributed by atoms with Crippen molar-refractivity contribution in [2.75, 3.05) is 16.6 Å². The van der Waals surface area contributed by atoms with Gasteiger partial charge in [0.15, 0.2) is 12.4 Å². The minimum absolute atomic E-state index is 0.00747. The topological polar surface area (TPSA) is 119 Å². The average Bonchev–Trinajstić information content (AvgIpc) is 2.81. The minimum atomic E-state index is -3.93. The van der Waals surface area contributed by atoms with E-state index in [0.717, 1.165) is 11.1 Å². The van der Waals surface area contributed by atoms with E-state index in [0.29, 0.717) is 29.8 Å². The first-order chi connectivity index (χ1) is 16.2. The molecule has 0 radical (unpaired) electrons. The van der Waals surface area contributed by atoms with Crippen molar-refractivity contribution in [1.29, 1.82) is 0 Å². The molecule has 0 aromatic heterocycles. The molecule has 0 saturated carbocycles. The Hall–Kier alpha value is -3.98. The number of benzene rings is 3. The lowest BCUT2D eigenvalue weighted by Gasteiger charge is -2.17. The molecule has 1 aliphatic rings. The second-order valence-corrected chi connectivity index (χ2v) is 9.60. The first-order valence-electron chi connectivity index (χ1n) is 10.5. The smallest absolute Gasteiger partial charge is 0.338 e. The summed E-state index contributed by atoms with van der Waals surface area (Å²) < 4.78 is 33.1. The van der Waals surface area contributed by atoms with Crippen molar-refractivity contribution in [3.05, 3.63) is 89.0 Å². The number of anilines is 2. The number of sulfonamides is 1. The van der Waals surface area contributed by atoms with E-state index in [4.69, 9.17) is 4.74 Å². The summed E-state index contributed by atoms with van der Waals surface area (Å²) in [6.45, 7) is 1.35. The van der Waals surface area contributed by atoms with Gasteiger partial charge in [0, 0.05) is 23.4 Å². The molecule has 3 aromatic rings. The molecule has 0 fully saturated rings. The lowest BCUT2D eigenvalue weighted by molar-refractivity contribution is -0.116. The van der Waals surface area contributed by atoms with Crippen molar-refractivity contribution in [1.82, 2.24) is 0 Å². The molecule has 4 rings (SSSR count). The number of amides is 1. The van der Waals surface area contributed by atoms with E-state index in [1.54, 1.807) is 36.4 Å². The molecule has 0 unspecified atom stereocenters. The van der Waals surface area contributed by atoms with Crippen LogP contribution in [0.25, 0.3) is 0 Å². The summed E-state index contributed by atoms with van der Waals surface area (Å²) in [6, 6.07) is 17.2. The highest BCUT2D eigenvalue weighted by Crippen LogP contribution is 2.24. The third kappa shape index (κ3) is 5.32. The monoisotopic (exact) mass is 478 g/mol. The predicted molar refractivity (Wildman–Crippen MR) is 126 cm³/mol. The Balaban J connectivity index is 1.42. The molecule has 0 bridgehead atoms. The zero-order chi connectivity index (χ0) is 24.3. The molecular weight excluding hydrogens is 456 g/mol. The summed E-state index contributed by atoms with van der Waals surface area (Å²) >= 11 is 0. The summed E-state index contributed by atoms with van der Waals surface area (Å²) in [4.78, 5) is 36.4. The van der Waals surface area contributed by atoms with Gasteiger partial charge in [0.05, 0.1) is 10.5 Å². The molecule has 3 aromatic carbocycles. The third-order valence-electron chi connectivity index (χ3n) is 5.31. The van der Waals surface area contributed by atoms with Crippen LogP contribution < -0.4 is 10.0 Å². The van der Waals surface area contributed by atoms with Gasteiger partial charge in [-0.15, -0.1) is 0 Å². The Morgan fingerprint density at radius 2 is 1.76 bits per heavy atom. The van der Waals surface area contributed by atoms with Gasteiger partial charge in [-0.3, -0.25) is 14.3 Å². The number of ether oxygens (including phenoxy) is 1. The van der Waals surface area contributed by atoms with Gasteiger partial charge in [0.25, 0.3) is 10.0 Å². The first-order valence-corrected chi connectivity index (χ1v) is 12.0. The highest BCUT2D eigenvalue weighted by Gasteiger charge is 2.20. The van der Waals surface area contributed by atoms with Crippen molar-refractivity contribution >= 4 is 39.1 Å². The van der Waals surface area contributed by atoms with Gasteiger partial charge in [-0.1, -0.05) is 18.2 Å². The summed E-state index contributed by atoms with van der Waals surface area (Å²) in [7, 11) is -3.93. The number of carbonyl (C=O) groups excluding carboxylic acids is 3. The molecule has 1 heterocycles. The van der Waals surface area contributed by atoms with Gasteiger partial charge in [-0.05, 0) is 73.0 Å². The number of hydrogen-bond donors (Lipinski definition) is 2. The van der Waals surface area contributed by atoms with E-state index in [-0.39, 0.29) is 16.4 Å². The fraction of sp³-hybridized carbons (Fsp3) is 0.160. The summed E-state index contributed by atoms with van der Waals surface area (Å²) in [6.07, 6.45) is 0.873. The van der Waals surface area contributed by atoms with Gasteiger partial charge < -0.3 is 10.1 Å². The highest BCUT2D eigenvalue weighted by atomic mass is 32.2. The van der Waals surface area contributed by atoms with E-state index in [2.05, 4.69) is 10.0 Å². The van der Waals surface area contributed by atoms with Crippen molar-refractivity contribution < 1.29 is 27.5 Å². The van der Waals surface area contributed by atoms with E-state index < -0.39 is 28.4 Å². The third-order valence-corrected chi connectivity index (χ3v) is 6.69. The number of ketones is 1. The molecule has 34 heavy (non-hydrogen) atoms. The number of rotatable bonds is 7. The van der Waals surface area contributed by atoms with E-state index in [9.17, 15) is 22.8 Å². The normalized spacial score (nSPS) is 12.9. The second kappa shape index (κ2) is 9.48. The fourth-order valence-corrected chi connectivity index (χ4v) is 4.66. The lowest BCUT2D eigenvalue weighted by atomic mass is 9.99. The van der Waals surface area contributed by atoms with Crippen LogP contribution in [-0.4, -0.2) is 32.7 Å². The molecule has 0 aliphatic carbocycles. The van der Waals surface area contributed by atoms with Crippen molar-refractivity contribution in [2.24, 2.45) is 0 Å². The number of Topliss-reactive ketones (excluding diaryl/α,β-unsaturated/α-hetero) is 1. The largest absolute Gasteiger partial charge is 0.454 e. The molecule has 0 atom stereocenters. The van der Waals surface area contributed by atoms with Crippen LogP contribution in [-0.2, 0) is 26.0 Å². The maximum absolute atomic E-state index is 12.7. The van der Waals surface area contributed by atoms with Crippen LogP contribution in [0.2, 0.25) is 0 Å². The Bertz CT molecular complexity index is 1400. The summed E-state index contributed by atoms with van der Waals surface area (Å²) in [5, 5.41) is 2.74. The number of carbonyl (C=O) groups is 3. The summed E-state index contributed by atoms with van der Waals surface area (Å²) in [5.41, 5.74) is 3.18. The molecule has 8 nitrogen and oxygen atoms in total. The van der Waals surface area contributed by atoms with E-state index in [1.807, 2.05) is 13.0 Å². The van der Waals surface area contributed by atoms with E-state index in [1.165, 1.54) is 24.3 Å². The number of hydrogen-bond acceptors (Lipinski definition) is 6. The molecule has 1 amide bonds. The quantitative estimate of drug-likeness (QED) is 0.395. The average molecular weight is 479 g/mol. The van der Waals surface area contributed by atoms with Crippen LogP contribution >= 0.6 is 0 Å². The number of aryl methyl sites for hydroxylation is 2. The van der Waals surface area contributed by atoms with Gasteiger partial charge >= 0.3 is 5.97 Å². The SMILES string of the molecule is Cc1cccc(NS(=O)(=O)c2cccc(C(=O)OCC(=O)c3ccc4c(c3)CCC(=O)N4)c2)c1. The fourth-order valence-electron chi connectivity index (χ4n) is 3.57. The number of esters is 1. The highest BCUT2D eigenvalue weighted by molar-refractivity contribution is 7.92. The van der Waals surface area contributed by atoms with Crippen molar-refractivity contribution in [2.45, 2.75) is 24.7 Å². The second-order valence-electron chi connectivity index (χ2n) is 7.92. The molecule has 0 spiro atoms. The van der Waals surface area contributed by atoms with Gasteiger partial charge in [-0.2, -0.15) is 0 Å². The molecule has 1 aliphatic heterocycles. The standard InChI is InChI=1S/C25H22N2O6S/c1-16-4-2-6-20(12-16)27-34(31,32)21-7-3-5-19(14-21)25(30)33-15-23(28)18-8-10-22-17(13-18)9-11-24(29)26-22/h2-8,10,12-14,27H,9,11,15H2,1H3,(H,26,29). The predicted octanol–water partition coefficient (Wildman–Crippen LogP) is 3.72. The van der Waals surface area contributed by atoms with Crippen LogP contribution in [0.5, 0.6) is 0 Å². The first kappa shape index (κ1) is 23.2. The van der Waals surface area contributed by atoms with Crippen LogP contribution in [0.15, 0.2) is 71.6 Å². The van der Waals surface area contributed by atoms with Gasteiger partial charge in [-0.25, -0.2) is 13.2 Å². The van der Waals surface area contributed by atoms with E-state index >= 15 is 0 Å². The Labute approximate surface area is 197 Å². The molecule has 0 saturated heterocycles. The Morgan fingerprint density at radius 1 is 0.971 bits per heavy atom. The molecule has 2 N–H and O–H groups in total. The Morgan fingerprint density at radius 3 is 2.56 bits per heavy atom. The zero-order valence-corrected chi connectivity index (χ0v) is 19.1. The summed E-state index contributed by atoms with van der Waals surface area (Å²) in [5.74, 6) is -1.29. The lowest BCUT2D eigenvalue weighted by Crippen LogP contribution is -2.20. The van der Waals surface area contributed by atoms with Crippen LogP contribution in [0.1, 0.15) is 38.3 Å². The minimum Gasteiger partial charge on any atom is -0.454 e. The van der Waals surface area contributed by atoms with Crippen LogP contribution in [0, 0.1) is 6.92 Å². The molecule has 9 heteroatoms. The Kier molecular flexibility index (Phi) is 6.47. The zero-order valence-electron chi connectivity index (χ0n) is 18.3. The molecular formula is C25H22N2O6S. The van der Waals surface area contributed by atoms with Crippen molar-refractivity contribution in [3.8, 4) is 0 Å². The number of nitrogens with one attached hydrogen (secondary N) is 2. The number of fused-ring (bicyclic) bond motifs is 1. The van der Waals surface area contributed by atoms with Gasteiger partial charge in [0.1, 0.15) is 0 Å². The van der Waals surface area contributed by atoms with Crippen molar-refractivity contribution in [3.63, 3.8) is 0 Å². The maximum atomic E-state index is 12.7. The maximum Gasteiger partial charge on any atom is 0.338 e. The van der Waals surface area contributed by atoms with Crippen LogP contribution in [0.4, 0.5) is 11.4 Å². The van der Waals surface area contributed by atoms with Crippen LogP contribution in [0.3, 0.4) is 0 Å². The van der Waals surface area contributed by atoms with Gasteiger partial charge in [0.2, 0.25) is 5.91 Å².